The first kappa shape index (κ1) is 18.5. The first-order valence-electron chi connectivity index (χ1n) is 8.72. The van der Waals surface area contributed by atoms with Crippen molar-refractivity contribution in [2.45, 2.75) is 13.3 Å². The van der Waals surface area contributed by atoms with Gasteiger partial charge in [-0.15, -0.1) is 0 Å². The van der Waals surface area contributed by atoms with Crippen LogP contribution in [0, 0.1) is 6.92 Å². The lowest BCUT2D eigenvalue weighted by Crippen LogP contribution is -2.20. The van der Waals surface area contributed by atoms with E-state index in [4.69, 9.17) is 4.74 Å². The van der Waals surface area contributed by atoms with Gasteiger partial charge in [0.25, 0.3) is 0 Å². The molecule has 6 heteroatoms. The molecule has 0 fully saturated rings. The molecule has 6 nitrogen and oxygen atoms in total. The molecule has 2 aromatic carbocycles. The Morgan fingerprint density at radius 1 is 1.22 bits per heavy atom. The van der Waals surface area contributed by atoms with Crippen LogP contribution in [0.2, 0.25) is 0 Å². The molecule has 2 N–H and O–H groups in total. The predicted molar refractivity (Wildman–Crippen MR) is 110 cm³/mol. The highest BCUT2D eigenvalue weighted by Crippen LogP contribution is 2.26. The van der Waals surface area contributed by atoms with Crippen molar-refractivity contribution in [2.24, 2.45) is 5.10 Å². The summed E-state index contributed by atoms with van der Waals surface area (Å²) in [5.74, 6) is 0.602. The number of anilines is 1. The molecule has 1 amide bonds. The largest absolute Gasteiger partial charge is 0.497 e. The summed E-state index contributed by atoms with van der Waals surface area (Å²) in [5, 5.41) is 5.06. The Morgan fingerprint density at radius 2 is 1.96 bits per heavy atom. The van der Waals surface area contributed by atoms with Crippen molar-refractivity contribution in [3.8, 4) is 5.75 Å². The Bertz CT molecular complexity index is 972. The number of carbonyl (C=O) groups excluding carboxylic acids is 1. The minimum absolute atomic E-state index is 0.164. The summed E-state index contributed by atoms with van der Waals surface area (Å²) in [7, 11) is 5.62. The van der Waals surface area contributed by atoms with Crippen LogP contribution in [0.1, 0.15) is 16.8 Å². The van der Waals surface area contributed by atoms with Crippen molar-refractivity contribution in [3.05, 3.63) is 59.3 Å². The molecule has 0 spiro atoms. The summed E-state index contributed by atoms with van der Waals surface area (Å²) in [4.78, 5) is 17.6. The van der Waals surface area contributed by atoms with Crippen molar-refractivity contribution >= 4 is 28.7 Å². The van der Waals surface area contributed by atoms with Gasteiger partial charge in [0.15, 0.2) is 0 Å². The van der Waals surface area contributed by atoms with Gasteiger partial charge in [0.05, 0.1) is 19.7 Å². The van der Waals surface area contributed by atoms with Crippen LogP contribution in [0.15, 0.2) is 47.6 Å². The third kappa shape index (κ3) is 4.28. The number of methoxy groups -OCH3 is 1. The van der Waals surface area contributed by atoms with E-state index in [1.165, 1.54) is 0 Å². The Balaban J connectivity index is 1.67. The number of fused-ring (bicyclic) bond motifs is 1. The van der Waals surface area contributed by atoms with Gasteiger partial charge < -0.3 is 14.6 Å². The number of ether oxygens (including phenoxy) is 1. The quantitative estimate of drug-likeness (QED) is 0.521. The molecule has 0 bridgehead atoms. The first-order valence-corrected chi connectivity index (χ1v) is 8.72. The predicted octanol–water partition coefficient (Wildman–Crippen LogP) is 3.24. The fourth-order valence-electron chi connectivity index (χ4n) is 2.95. The summed E-state index contributed by atoms with van der Waals surface area (Å²) >= 11 is 0. The molecule has 3 aromatic rings. The Hall–Kier alpha value is -3.28. The van der Waals surface area contributed by atoms with E-state index in [-0.39, 0.29) is 12.3 Å². The highest BCUT2D eigenvalue weighted by atomic mass is 16.5. The number of amides is 1. The molecular formula is C21H24N4O2. The Kier molecular flexibility index (Phi) is 5.45. The molecule has 0 aliphatic carbocycles. The summed E-state index contributed by atoms with van der Waals surface area (Å²) in [6, 6.07) is 13.7. The van der Waals surface area contributed by atoms with Gasteiger partial charge in [-0.3, -0.25) is 4.79 Å². The molecule has 0 saturated heterocycles. The average molecular weight is 364 g/mol. The molecular weight excluding hydrogens is 340 g/mol. The van der Waals surface area contributed by atoms with Gasteiger partial charge in [-0.1, -0.05) is 12.1 Å². The third-order valence-electron chi connectivity index (χ3n) is 4.48. The maximum absolute atomic E-state index is 12.3. The fraction of sp³-hybridized carbons (Fsp3) is 0.238. The van der Waals surface area contributed by atoms with Gasteiger partial charge >= 0.3 is 0 Å². The molecule has 3 rings (SSSR count). The van der Waals surface area contributed by atoms with E-state index in [9.17, 15) is 4.79 Å². The van der Waals surface area contributed by atoms with Crippen molar-refractivity contribution in [2.75, 3.05) is 26.1 Å². The standard InChI is InChI=1S/C21H24N4O2/c1-14-18(19-11-17(27-4)9-10-20(19)23-14)12-21(26)24-22-13-15-5-7-16(8-6-15)25(2)3/h5-11,13,23H,12H2,1-4H3,(H,24,26)/b22-13+. The second-order valence-electron chi connectivity index (χ2n) is 6.60. The molecule has 27 heavy (non-hydrogen) atoms. The van der Waals surface area contributed by atoms with Crippen LogP contribution in [0.3, 0.4) is 0 Å². The van der Waals surface area contributed by atoms with Crippen LogP contribution in [0.4, 0.5) is 5.69 Å². The number of H-pyrrole nitrogens is 1. The Labute approximate surface area is 158 Å². The summed E-state index contributed by atoms with van der Waals surface area (Å²) in [6.07, 6.45) is 1.89. The van der Waals surface area contributed by atoms with E-state index in [0.717, 1.165) is 39.2 Å². The number of rotatable bonds is 6. The molecule has 0 atom stereocenters. The summed E-state index contributed by atoms with van der Waals surface area (Å²) < 4.78 is 5.29. The fourth-order valence-corrected chi connectivity index (χ4v) is 2.95. The van der Waals surface area contributed by atoms with Gasteiger partial charge in [0, 0.05) is 36.4 Å². The molecule has 0 aliphatic heterocycles. The zero-order chi connectivity index (χ0) is 19.4. The lowest BCUT2D eigenvalue weighted by Gasteiger charge is -2.11. The number of hydrazone groups is 1. The number of aromatic nitrogens is 1. The molecule has 1 aromatic heterocycles. The van der Waals surface area contributed by atoms with E-state index < -0.39 is 0 Å². The minimum atomic E-state index is -0.164. The Morgan fingerprint density at radius 3 is 2.63 bits per heavy atom. The maximum atomic E-state index is 12.3. The van der Waals surface area contributed by atoms with Crippen molar-refractivity contribution in [3.63, 3.8) is 0 Å². The zero-order valence-corrected chi connectivity index (χ0v) is 16.0. The van der Waals surface area contributed by atoms with Gasteiger partial charge in [-0.25, -0.2) is 5.43 Å². The van der Waals surface area contributed by atoms with Gasteiger partial charge in [0.2, 0.25) is 5.91 Å². The molecule has 0 saturated carbocycles. The number of nitrogens with zero attached hydrogens (tertiary/aromatic N) is 2. The van der Waals surface area contributed by atoms with Crippen LogP contribution in [-0.2, 0) is 11.2 Å². The van der Waals surface area contributed by atoms with E-state index in [2.05, 4.69) is 15.5 Å². The lowest BCUT2D eigenvalue weighted by molar-refractivity contribution is -0.120. The summed E-state index contributed by atoms with van der Waals surface area (Å²) in [6.45, 7) is 1.96. The van der Waals surface area contributed by atoms with Crippen LogP contribution in [0.5, 0.6) is 5.75 Å². The number of nitrogens with one attached hydrogen (secondary N) is 2. The molecule has 0 radical (unpaired) electrons. The van der Waals surface area contributed by atoms with Crippen molar-refractivity contribution in [1.29, 1.82) is 0 Å². The number of aryl methyl sites for hydroxylation is 1. The highest BCUT2D eigenvalue weighted by molar-refractivity contribution is 5.91. The monoisotopic (exact) mass is 364 g/mol. The minimum Gasteiger partial charge on any atom is -0.497 e. The van der Waals surface area contributed by atoms with E-state index in [1.54, 1.807) is 13.3 Å². The molecule has 140 valence electrons. The van der Waals surface area contributed by atoms with Crippen molar-refractivity contribution < 1.29 is 9.53 Å². The van der Waals surface area contributed by atoms with Crippen molar-refractivity contribution in [1.82, 2.24) is 10.4 Å². The maximum Gasteiger partial charge on any atom is 0.244 e. The number of hydrogen-bond acceptors (Lipinski definition) is 4. The smallest absolute Gasteiger partial charge is 0.244 e. The molecule has 0 unspecified atom stereocenters. The third-order valence-corrected chi connectivity index (χ3v) is 4.48. The highest BCUT2D eigenvalue weighted by Gasteiger charge is 2.13. The van der Waals surface area contributed by atoms with Crippen LogP contribution in [-0.4, -0.2) is 38.3 Å². The van der Waals surface area contributed by atoms with Crippen LogP contribution in [0.25, 0.3) is 10.9 Å². The lowest BCUT2D eigenvalue weighted by atomic mass is 10.1. The topological polar surface area (TPSA) is 69.7 Å². The summed E-state index contributed by atoms with van der Waals surface area (Å²) in [5.41, 5.74) is 7.55. The number of aromatic amines is 1. The van der Waals surface area contributed by atoms with Gasteiger partial charge in [0.1, 0.15) is 5.75 Å². The average Bonchev–Trinajstić information content (AvgIpc) is 2.96. The normalized spacial score (nSPS) is 11.1. The van der Waals surface area contributed by atoms with E-state index in [1.807, 2.05) is 68.4 Å². The van der Waals surface area contributed by atoms with E-state index >= 15 is 0 Å². The van der Waals surface area contributed by atoms with E-state index in [0.29, 0.717) is 0 Å². The number of hydrogen-bond donors (Lipinski definition) is 2. The molecule has 0 aliphatic rings. The first-order chi connectivity index (χ1) is 13.0. The van der Waals surface area contributed by atoms with Crippen LogP contribution >= 0.6 is 0 Å². The van der Waals surface area contributed by atoms with Gasteiger partial charge in [-0.05, 0) is 48.4 Å². The van der Waals surface area contributed by atoms with Crippen LogP contribution < -0.4 is 15.1 Å². The zero-order valence-electron chi connectivity index (χ0n) is 16.0. The second-order valence-corrected chi connectivity index (χ2v) is 6.60. The van der Waals surface area contributed by atoms with Gasteiger partial charge in [-0.2, -0.15) is 5.10 Å². The number of benzene rings is 2. The second kappa shape index (κ2) is 7.95. The SMILES string of the molecule is COc1ccc2[nH]c(C)c(CC(=O)N/N=C/c3ccc(N(C)C)cc3)c2c1. The molecule has 1 heterocycles. The number of carbonyl (C=O) groups is 1.